The molecule has 0 aliphatic carbocycles. The fourth-order valence-corrected chi connectivity index (χ4v) is 2.13. The molecule has 0 N–H and O–H groups in total. The van der Waals surface area contributed by atoms with Gasteiger partial charge in [0, 0.05) is 26.2 Å². The van der Waals surface area contributed by atoms with E-state index in [0.29, 0.717) is 31.2 Å². The normalized spacial score (nSPS) is 15.7. The van der Waals surface area contributed by atoms with Gasteiger partial charge in [-0.1, -0.05) is 0 Å². The maximum absolute atomic E-state index is 10.7. The molecule has 1 aromatic rings. The Bertz CT molecular complexity index is 534. The van der Waals surface area contributed by atoms with Crippen molar-refractivity contribution >= 4 is 11.5 Å². The second kappa shape index (κ2) is 6.16. The average molecular weight is 277 g/mol. The average Bonchev–Trinajstić information content (AvgIpc) is 2.47. The molecule has 0 spiro atoms. The van der Waals surface area contributed by atoms with E-state index in [-0.39, 0.29) is 5.69 Å². The lowest BCUT2D eigenvalue weighted by molar-refractivity contribution is -0.385. The van der Waals surface area contributed by atoms with Crippen molar-refractivity contribution in [3.8, 4) is 11.8 Å². The molecule has 0 saturated carbocycles. The fraction of sp³-hybridized carbons (Fsp3) is 0.500. The summed E-state index contributed by atoms with van der Waals surface area (Å²) in [4.78, 5) is 18.4. The van der Waals surface area contributed by atoms with E-state index in [2.05, 4.69) is 11.1 Å². The third kappa shape index (κ3) is 2.95. The van der Waals surface area contributed by atoms with Crippen molar-refractivity contribution < 1.29 is 9.66 Å². The molecule has 0 amide bonds. The van der Waals surface area contributed by atoms with Gasteiger partial charge in [0.05, 0.1) is 30.7 Å². The van der Waals surface area contributed by atoms with E-state index in [1.807, 2.05) is 9.80 Å². The highest BCUT2D eigenvalue weighted by atomic mass is 16.6. The smallest absolute Gasteiger partial charge is 0.291 e. The van der Waals surface area contributed by atoms with Gasteiger partial charge >= 0.3 is 0 Å². The largest absolute Gasteiger partial charge is 0.493 e. The van der Waals surface area contributed by atoms with Crippen LogP contribution >= 0.6 is 0 Å². The Morgan fingerprint density at radius 3 is 2.75 bits per heavy atom. The SMILES string of the molecule is COc1cc([N+](=O)[O-])cnc1N1CCN(CC#N)CC1. The van der Waals surface area contributed by atoms with Gasteiger partial charge in [-0.2, -0.15) is 5.26 Å². The number of anilines is 1. The van der Waals surface area contributed by atoms with Crippen molar-refractivity contribution in [1.82, 2.24) is 9.88 Å². The number of hydrogen-bond donors (Lipinski definition) is 0. The second-order valence-electron chi connectivity index (χ2n) is 4.40. The minimum Gasteiger partial charge on any atom is -0.493 e. The van der Waals surface area contributed by atoms with Crippen LogP contribution in [0.2, 0.25) is 0 Å². The molecular formula is C12H15N5O3. The zero-order valence-corrected chi connectivity index (χ0v) is 11.2. The van der Waals surface area contributed by atoms with Crippen molar-refractivity contribution in [1.29, 1.82) is 5.26 Å². The van der Waals surface area contributed by atoms with E-state index in [1.165, 1.54) is 19.4 Å². The highest BCUT2D eigenvalue weighted by Crippen LogP contribution is 2.29. The van der Waals surface area contributed by atoms with Crippen molar-refractivity contribution in [2.24, 2.45) is 0 Å². The van der Waals surface area contributed by atoms with Crippen molar-refractivity contribution in [2.75, 3.05) is 44.7 Å². The molecule has 20 heavy (non-hydrogen) atoms. The van der Waals surface area contributed by atoms with Gasteiger partial charge in [-0.25, -0.2) is 4.98 Å². The number of aromatic nitrogens is 1. The lowest BCUT2D eigenvalue weighted by Crippen LogP contribution is -2.46. The van der Waals surface area contributed by atoms with E-state index in [9.17, 15) is 10.1 Å². The highest BCUT2D eigenvalue weighted by Gasteiger charge is 2.22. The van der Waals surface area contributed by atoms with Crippen LogP contribution in [-0.2, 0) is 0 Å². The number of nitrogens with zero attached hydrogens (tertiary/aromatic N) is 5. The van der Waals surface area contributed by atoms with Gasteiger partial charge < -0.3 is 9.64 Å². The van der Waals surface area contributed by atoms with Crippen LogP contribution in [0.3, 0.4) is 0 Å². The summed E-state index contributed by atoms with van der Waals surface area (Å²) in [7, 11) is 1.47. The molecule has 0 atom stereocenters. The maximum Gasteiger partial charge on any atom is 0.291 e. The molecule has 2 heterocycles. The summed E-state index contributed by atoms with van der Waals surface area (Å²) in [6.07, 6.45) is 1.24. The van der Waals surface area contributed by atoms with Crippen LogP contribution in [0, 0.1) is 21.4 Å². The molecule has 2 rings (SSSR count). The first-order valence-corrected chi connectivity index (χ1v) is 6.18. The summed E-state index contributed by atoms with van der Waals surface area (Å²) >= 11 is 0. The number of piperazine rings is 1. The minimum atomic E-state index is -0.496. The molecule has 1 aliphatic rings. The van der Waals surface area contributed by atoms with Crippen LogP contribution in [0.15, 0.2) is 12.3 Å². The first-order valence-electron chi connectivity index (χ1n) is 6.18. The molecule has 8 nitrogen and oxygen atoms in total. The molecule has 1 fully saturated rings. The summed E-state index contributed by atoms with van der Waals surface area (Å²) in [6.45, 7) is 3.36. The Balaban J connectivity index is 2.14. The quantitative estimate of drug-likeness (QED) is 0.452. The first-order chi connectivity index (χ1) is 9.65. The van der Waals surface area contributed by atoms with Gasteiger partial charge in [0.15, 0.2) is 11.6 Å². The summed E-state index contributed by atoms with van der Waals surface area (Å²) in [6, 6.07) is 3.51. The standard InChI is InChI=1S/C12H15N5O3/c1-20-11-8-10(17(18)19)9-14-12(11)16-6-4-15(3-2-13)5-7-16/h8-9H,3-7H2,1H3. The Morgan fingerprint density at radius 2 is 2.20 bits per heavy atom. The van der Waals surface area contributed by atoms with Crippen LogP contribution in [0.1, 0.15) is 0 Å². The minimum absolute atomic E-state index is 0.0892. The molecule has 106 valence electrons. The lowest BCUT2D eigenvalue weighted by atomic mass is 10.3. The third-order valence-electron chi connectivity index (χ3n) is 3.22. The summed E-state index contributed by atoms with van der Waals surface area (Å²) in [5, 5.41) is 19.4. The maximum atomic E-state index is 10.7. The van der Waals surface area contributed by atoms with Crippen LogP contribution in [0.4, 0.5) is 11.5 Å². The van der Waals surface area contributed by atoms with Crippen molar-refractivity contribution in [3.05, 3.63) is 22.4 Å². The van der Waals surface area contributed by atoms with E-state index >= 15 is 0 Å². The molecule has 8 heteroatoms. The monoisotopic (exact) mass is 277 g/mol. The van der Waals surface area contributed by atoms with Crippen molar-refractivity contribution in [2.45, 2.75) is 0 Å². The molecule has 1 aromatic heterocycles. The van der Waals surface area contributed by atoms with E-state index in [1.54, 1.807) is 0 Å². The summed E-state index contributed by atoms with van der Waals surface area (Å²) in [5.74, 6) is 1.00. The predicted octanol–water partition coefficient (Wildman–Crippen LogP) is 0.644. The van der Waals surface area contributed by atoms with Crippen LogP contribution < -0.4 is 9.64 Å². The molecule has 0 unspecified atom stereocenters. The van der Waals surface area contributed by atoms with Gasteiger partial charge in [-0.05, 0) is 0 Å². The number of ether oxygens (including phenoxy) is 1. The zero-order valence-electron chi connectivity index (χ0n) is 11.2. The highest BCUT2D eigenvalue weighted by molar-refractivity contribution is 5.56. The number of methoxy groups -OCH3 is 1. The van der Waals surface area contributed by atoms with Crippen molar-refractivity contribution in [3.63, 3.8) is 0 Å². The summed E-state index contributed by atoms with van der Waals surface area (Å²) < 4.78 is 5.19. The number of pyridine rings is 1. The molecular weight excluding hydrogens is 262 g/mol. The van der Waals surface area contributed by atoms with Gasteiger partial charge in [0.1, 0.15) is 6.20 Å². The molecule has 1 saturated heterocycles. The molecule has 0 radical (unpaired) electrons. The van der Waals surface area contributed by atoms with Gasteiger partial charge in [0.25, 0.3) is 5.69 Å². The predicted molar refractivity (Wildman–Crippen MR) is 71.7 cm³/mol. The number of nitriles is 1. The van der Waals surface area contributed by atoms with E-state index in [4.69, 9.17) is 10.00 Å². The second-order valence-corrected chi connectivity index (χ2v) is 4.40. The van der Waals surface area contributed by atoms with Crippen LogP contribution in [0.25, 0.3) is 0 Å². The van der Waals surface area contributed by atoms with Gasteiger partial charge in [0.2, 0.25) is 0 Å². The Labute approximate surface area is 116 Å². The first kappa shape index (κ1) is 14.0. The molecule has 0 aromatic carbocycles. The summed E-state index contributed by atoms with van der Waals surface area (Å²) in [5.41, 5.74) is -0.0892. The van der Waals surface area contributed by atoms with E-state index in [0.717, 1.165) is 13.1 Å². The van der Waals surface area contributed by atoms with Crippen LogP contribution in [-0.4, -0.2) is 54.6 Å². The third-order valence-corrected chi connectivity index (χ3v) is 3.22. The lowest BCUT2D eigenvalue weighted by Gasteiger charge is -2.34. The zero-order chi connectivity index (χ0) is 14.5. The Hall–Kier alpha value is -2.40. The fourth-order valence-electron chi connectivity index (χ4n) is 2.13. The van der Waals surface area contributed by atoms with Gasteiger partial charge in [-0.3, -0.25) is 15.0 Å². The number of hydrogen-bond acceptors (Lipinski definition) is 7. The van der Waals surface area contributed by atoms with Crippen LogP contribution in [0.5, 0.6) is 5.75 Å². The topological polar surface area (TPSA) is 95.5 Å². The number of rotatable bonds is 4. The van der Waals surface area contributed by atoms with E-state index < -0.39 is 4.92 Å². The Kier molecular flexibility index (Phi) is 4.32. The molecule has 1 aliphatic heterocycles. The molecule has 0 bridgehead atoms. The van der Waals surface area contributed by atoms with Gasteiger partial charge in [-0.15, -0.1) is 0 Å². The number of nitro groups is 1. The Morgan fingerprint density at radius 1 is 1.50 bits per heavy atom.